The number of anilines is 2. The number of hydrogen-bond donors (Lipinski definition) is 1. The van der Waals surface area contributed by atoms with Crippen molar-refractivity contribution in [1.82, 2.24) is 14.9 Å². The highest BCUT2D eigenvalue weighted by Crippen LogP contribution is 2.17. The molecule has 2 fully saturated rings. The van der Waals surface area contributed by atoms with Crippen molar-refractivity contribution >= 4 is 11.8 Å². The molecule has 2 aliphatic rings. The Morgan fingerprint density at radius 2 is 1.91 bits per heavy atom. The summed E-state index contributed by atoms with van der Waals surface area (Å²) in [5, 5.41) is 3.36. The largest absolute Gasteiger partial charge is 0.379 e. The zero-order valence-corrected chi connectivity index (χ0v) is 13.3. The maximum atomic E-state index is 5.36. The second-order valence-corrected chi connectivity index (χ2v) is 6.02. The Balaban J connectivity index is 1.42. The van der Waals surface area contributed by atoms with Gasteiger partial charge in [0.05, 0.1) is 13.2 Å². The molecule has 3 heterocycles. The lowest BCUT2D eigenvalue weighted by Gasteiger charge is -2.28. The molecule has 1 aromatic heterocycles. The average Bonchev–Trinajstić information content (AvgIpc) is 2.61. The van der Waals surface area contributed by atoms with Crippen molar-refractivity contribution in [2.24, 2.45) is 0 Å². The van der Waals surface area contributed by atoms with Gasteiger partial charge in [0.2, 0.25) is 5.95 Å². The van der Waals surface area contributed by atoms with Crippen LogP contribution in [0, 0.1) is 0 Å². The molecule has 0 saturated carbocycles. The van der Waals surface area contributed by atoms with Gasteiger partial charge in [0, 0.05) is 38.9 Å². The molecule has 22 heavy (non-hydrogen) atoms. The lowest BCUT2D eigenvalue weighted by atomic mass is 10.1. The van der Waals surface area contributed by atoms with Gasteiger partial charge >= 0.3 is 0 Å². The average molecular weight is 305 g/mol. The second kappa shape index (κ2) is 8.29. The SMILES string of the molecule is c1cc(N2CCCCC2)nc(NCCCN2CCOCC2)n1. The van der Waals surface area contributed by atoms with Gasteiger partial charge in [0.15, 0.2) is 0 Å². The van der Waals surface area contributed by atoms with Gasteiger partial charge < -0.3 is 15.0 Å². The summed E-state index contributed by atoms with van der Waals surface area (Å²) in [4.78, 5) is 13.8. The van der Waals surface area contributed by atoms with E-state index in [1.807, 2.05) is 12.3 Å². The van der Waals surface area contributed by atoms with Gasteiger partial charge in [-0.2, -0.15) is 4.98 Å². The lowest BCUT2D eigenvalue weighted by Crippen LogP contribution is -2.37. The van der Waals surface area contributed by atoms with Crippen LogP contribution in [-0.2, 0) is 4.74 Å². The quantitative estimate of drug-likeness (QED) is 0.806. The van der Waals surface area contributed by atoms with Crippen LogP contribution in [0.15, 0.2) is 12.3 Å². The Morgan fingerprint density at radius 1 is 1.09 bits per heavy atom. The summed E-state index contributed by atoms with van der Waals surface area (Å²) in [5.41, 5.74) is 0. The predicted molar refractivity (Wildman–Crippen MR) is 88.5 cm³/mol. The van der Waals surface area contributed by atoms with E-state index in [-0.39, 0.29) is 0 Å². The maximum Gasteiger partial charge on any atom is 0.224 e. The number of hydrogen-bond acceptors (Lipinski definition) is 6. The molecule has 0 bridgehead atoms. The first-order valence-electron chi connectivity index (χ1n) is 8.54. The van der Waals surface area contributed by atoms with Gasteiger partial charge in [0.1, 0.15) is 5.82 Å². The fraction of sp³-hybridized carbons (Fsp3) is 0.750. The van der Waals surface area contributed by atoms with Crippen LogP contribution in [-0.4, -0.2) is 67.4 Å². The van der Waals surface area contributed by atoms with Crippen molar-refractivity contribution in [1.29, 1.82) is 0 Å². The fourth-order valence-electron chi connectivity index (χ4n) is 3.06. The summed E-state index contributed by atoms with van der Waals surface area (Å²) in [6, 6.07) is 2.02. The van der Waals surface area contributed by atoms with Gasteiger partial charge in [0.25, 0.3) is 0 Å². The highest BCUT2D eigenvalue weighted by molar-refractivity contribution is 5.42. The Labute approximate surface area is 132 Å². The molecule has 2 aliphatic heterocycles. The van der Waals surface area contributed by atoms with E-state index in [1.54, 1.807) is 0 Å². The fourth-order valence-corrected chi connectivity index (χ4v) is 3.06. The molecule has 3 rings (SSSR count). The number of aromatic nitrogens is 2. The summed E-state index contributed by atoms with van der Waals surface area (Å²) in [5.74, 6) is 1.82. The lowest BCUT2D eigenvalue weighted by molar-refractivity contribution is 0.0378. The summed E-state index contributed by atoms with van der Waals surface area (Å²) in [6.07, 6.45) is 6.85. The van der Waals surface area contributed by atoms with Crippen LogP contribution in [0.25, 0.3) is 0 Å². The van der Waals surface area contributed by atoms with Crippen molar-refractivity contribution in [2.45, 2.75) is 25.7 Å². The molecule has 0 aliphatic carbocycles. The van der Waals surface area contributed by atoms with Crippen molar-refractivity contribution in [3.8, 4) is 0 Å². The first-order chi connectivity index (χ1) is 10.9. The molecule has 0 atom stereocenters. The summed E-state index contributed by atoms with van der Waals surface area (Å²) >= 11 is 0. The third-order valence-electron chi connectivity index (χ3n) is 4.36. The standard InChI is InChI=1S/C16H27N5O/c1-2-9-21(10-3-1)15-5-7-18-16(19-15)17-6-4-8-20-11-13-22-14-12-20/h5,7H,1-4,6,8-14H2,(H,17,18,19). The Bertz CT molecular complexity index is 444. The Hall–Kier alpha value is -1.40. The topological polar surface area (TPSA) is 53.5 Å². The van der Waals surface area contributed by atoms with Gasteiger partial charge in [-0.1, -0.05) is 0 Å². The van der Waals surface area contributed by atoms with Crippen molar-refractivity contribution in [3.63, 3.8) is 0 Å². The molecule has 0 aromatic carbocycles. The smallest absolute Gasteiger partial charge is 0.224 e. The van der Waals surface area contributed by atoms with Gasteiger partial charge in [-0.05, 0) is 38.3 Å². The zero-order chi connectivity index (χ0) is 15.0. The van der Waals surface area contributed by atoms with Crippen LogP contribution >= 0.6 is 0 Å². The predicted octanol–water partition coefficient (Wildman–Crippen LogP) is 1.60. The highest BCUT2D eigenvalue weighted by atomic mass is 16.5. The van der Waals surface area contributed by atoms with Crippen LogP contribution in [0.4, 0.5) is 11.8 Å². The number of morpholine rings is 1. The first kappa shape index (κ1) is 15.5. The van der Waals surface area contributed by atoms with E-state index in [2.05, 4.69) is 25.1 Å². The second-order valence-electron chi connectivity index (χ2n) is 6.02. The Kier molecular flexibility index (Phi) is 5.84. The molecule has 6 nitrogen and oxygen atoms in total. The molecular weight excluding hydrogens is 278 g/mol. The van der Waals surface area contributed by atoms with Crippen LogP contribution in [0.5, 0.6) is 0 Å². The minimum Gasteiger partial charge on any atom is -0.379 e. The number of ether oxygens (including phenoxy) is 1. The highest BCUT2D eigenvalue weighted by Gasteiger charge is 2.13. The molecular formula is C16H27N5O. The molecule has 122 valence electrons. The van der Waals surface area contributed by atoms with E-state index in [1.165, 1.54) is 19.3 Å². The van der Waals surface area contributed by atoms with E-state index < -0.39 is 0 Å². The minimum atomic E-state index is 0.755. The van der Waals surface area contributed by atoms with Crippen molar-refractivity contribution in [2.75, 3.05) is 62.7 Å². The number of nitrogens with zero attached hydrogens (tertiary/aromatic N) is 4. The number of piperidine rings is 1. The normalized spacial score (nSPS) is 20.1. The zero-order valence-electron chi connectivity index (χ0n) is 13.3. The van der Waals surface area contributed by atoms with Crippen LogP contribution < -0.4 is 10.2 Å². The molecule has 2 saturated heterocycles. The third-order valence-corrected chi connectivity index (χ3v) is 4.36. The minimum absolute atomic E-state index is 0.755. The van der Waals surface area contributed by atoms with Crippen molar-refractivity contribution in [3.05, 3.63) is 12.3 Å². The van der Waals surface area contributed by atoms with E-state index >= 15 is 0 Å². The van der Waals surface area contributed by atoms with Gasteiger partial charge in [-0.3, -0.25) is 4.90 Å². The molecule has 0 amide bonds. The Morgan fingerprint density at radius 3 is 2.73 bits per heavy atom. The summed E-state index contributed by atoms with van der Waals surface area (Å²) in [7, 11) is 0. The molecule has 0 unspecified atom stereocenters. The van der Waals surface area contributed by atoms with E-state index in [9.17, 15) is 0 Å². The van der Waals surface area contributed by atoms with Gasteiger partial charge in [-0.25, -0.2) is 4.98 Å². The van der Waals surface area contributed by atoms with E-state index in [0.29, 0.717) is 0 Å². The van der Waals surface area contributed by atoms with Crippen LogP contribution in [0.3, 0.4) is 0 Å². The molecule has 1 N–H and O–H groups in total. The molecule has 0 radical (unpaired) electrons. The molecule has 0 spiro atoms. The number of rotatable bonds is 6. The van der Waals surface area contributed by atoms with E-state index in [0.717, 1.165) is 70.7 Å². The molecule has 6 heteroatoms. The molecule has 1 aromatic rings. The monoisotopic (exact) mass is 305 g/mol. The van der Waals surface area contributed by atoms with Gasteiger partial charge in [-0.15, -0.1) is 0 Å². The van der Waals surface area contributed by atoms with Crippen molar-refractivity contribution < 1.29 is 4.74 Å². The summed E-state index contributed by atoms with van der Waals surface area (Å²) in [6.45, 7) is 8.12. The third kappa shape index (κ3) is 4.55. The number of nitrogens with one attached hydrogen (secondary N) is 1. The summed E-state index contributed by atoms with van der Waals surface area (Å²) < 4.78 is 5.36. The van der Waals surface area contributed by atoms with Crippen LogP contribution in [0.2, 0.25) is 0 Å². The first-order valence-corrected chi connectivity index (χ1v) is 8.54. The van der Waals surface area contributed by atoms with E-state index in [4.69, 9.17) is 4.74 Å². The maximum absolute atomic E-state index is 5.36. The van der Waals surface area contributed by atoms with Crippen LogP contribution in [0.1, 0.15) is 25.7 Å².